The first-order chi connectivity index (χ1) is 12.2. The number of hydrazone groups is 1. The van der Waals surface area contributed by atoms with E-state index >= 15 is 0 Å². The third-order valence-corrected chi connectivity index (χ3v) is 4.34. The lowest BCUT2D eigenvalue weighted by Gasteiger charge is -2.21. The van der Waals surface area contributed by atoms with Gasteiger partial charge in [-0.2, -0.15) is 5.26 Å². The van der Waals surface area contributed by atoms with Gasteiger partial charge in [-0.05, 0) is 24.1 Å². The Hall–Kier alpha value is -2.92. The number of benzene rings is 1. The minimum Gasteiger partial charge on any atom is -0.381 e. The lowest BCUT2D eigenvalue weighted by atomic mass is 10.1. The van der Waals surface area contributed by atoms with Crippen LogP contribution in [0.5, 0.6) is 0 Å². The third kappa shape index (κ3) is 4.14. The molecule has 8 heteroatoms. The maximum atomic E-state index is 10.9. The van der Waals surface area contributed by atoms with Crippen LogP contribution >= 0.6 is 0 Å². The molecule has 25 heavy (non-hydrogen) atoms. The molecule has 0 amide bonds. The van der Waals surface area contributed by atoms with Crippen molar-refractivity contribution in [3.63, 3.8) is 0 Å². The Balaban J connectivity index is 1.77. The van der Waals surface area contributed by atoms with E-state index in [1.807, 2.05) is 17.0 Å². The molecule has 0 aromatic heterocycles. The first kappa shape index (κ1) is 16.9. The molecular weight excluding hydrogens is 322 g/mol. The van der Waals surface area contributed by atoms with Crippen LogP contribution in [0.25, 0.3) is 6.08 Å². The Kier molecular flexibility index (Phi) is 5.26. The highest BCUT2D eigenvalue weighted by Crippen LogP contribution is 2.19. The van der Waals surface area contributed by atoms with Gasteiger partial charge in [-0.15, -0.1) is 0 Å². The Morgan fingerprint density at radius 2 is 2.28 bits per heavy atom. The standard InChI is InChI=1S/C17H19N5O3/c18-11-16-4-2-1-3-15(16)5-7-20-8-9-21(17(20)19-22(23)24)12-14-6-10-25-13-14/h1-5,7,14H,6,8-10,12-13H2. The van der Waals surface area contributed by atoms with Gasteiger partial charge in [0.15, 0.2) is 5.03 Å². The average Bonchev–Trinajstić information content (AvgIpc) is 3.24. The van der Waals surface area contributed by atoms with Crippen LogP contribution in [0.15, 0.2) is 35.6 Å². The zero-order chi connectivity index (χ0) is 17.6. The zero-order valence-corrected chi connectivity index (χ0v) is 13.7. The first-order valence-corrected chi connectivity index (χ1v) is 8.17. The second-order valence-corrected chi connectivity index (χ2v) is 6.02. The largest absolute Gasteiger partial charge is 0.381 e. The second-order valence-electron chi connectivity index (χ2n) is 6.02. The van der Waals surface area contributed by atoms with Crippen molar-refractivity contribution in [3.8, 4) is 6.07 Å². The van der Waals surface area contributed by atoms with Crippen LogP contribution in [0.3, 0.4) is 0 Å². The monoisotopic (exact) mass is 341 g/mol. The highest BCUT2D eigenvalue weighted by Gasteiger charge is 2.31. The molecule has 0 spiro atoms. The van der Waals surface area contributed by atoms with E-state index in [4.69, 9.17) is 10.00 Å². The lowest BCUT2D eigenvalue weighted by Crippen LogP contribution is -2.35. The Morgan fingerprint density at radius 1 is 1.44 bits per heavy atom. The molecule has 0 saturated carbocycles. The fourth-order valence-electron chi connectivity index (χ4n) is 3.07. The molecule has 2 fully saturated rings. The second kappa shape index (κ2) is 7.77. The van der Waals surface area contributed by atoms with Gasteiger partial charge in [0.05, 0.1) is 18.2 Å². The maximum absolute atomic E-state index is 10.9. The van der Waals surface area contributed by atoms with Gasteiger partial charge in [-0.25, -0.2) is 10.1 Å². The first-order valence-electron chi connectivity index (χ1n) is 8.17. The zero-order valence-electron chi connectivity index (χ0n) is 13.7. The average molecular weight is 341 g/mol. The highest BCUT2D eigenvalue weighted by molar-refractivity contribution is 5.83. The van der Waals surface area contributed by atoms with Crippen LogP contribution in [0.2, 0.25) is 0 Å². The molecule has 0 aliphatic carbocycles. The summed E-state index contributed by atoms with van der Waals surface area (Å²) in [5.74, 6) is 0.711. The van der Waals surface area contributed by atoms with Crippen molar-refractivity contribution in [3.05, 3.63) is 51.7 Å². The molecule has 0 bridgehead atoms. The molecular formula is C17H19N5O3. The third-order valence-electron chi connectivity index (χ3n) is 4.34. The Morgan fingerprint density at radius 3 is 3.00 bits per heavy atom. The number of nitro groups is 1. The molecule has 1 aromatic rings. The molecule has 130 valence electrons. The lowest BCUT2D eigenvalue weighted by molar-refractivity contribution is -0.486. The van der Waals surface area contributed by atoms with E-state index in [1.165, 1.54) is 0 Å². The summed E-state index contributed by atoms with van der Waals surface area (Å²) < 4.78 is 5.38. The van der Waals surface area contributed by atoms with Gasteiger partial charge < -0.3 is 14.5 Å². The van der Waals surface area contributed by atoms with E-state index in [-0.39, 0.29) is 0 Å². The van der Waals surface area contributed by atoms with E-state index in [9.17, 15) is 10.1 Å². The quantitative estimate of drug-likeness (QED) is 0.598. The molecule has 0 N–H and O–H groups in total. The molecule has 0 radical (unpaired) electrons. The number of guanidine groups is 1. The number of ether oxygens (including phenoxy) is 1. The summed E-state index contributed by atoms with van der Waals surface area (Å²) in [6.45, 7) is 3.42. The van der Waals surface area contributed by atoms with Gasteiger partial charge in [0.1, 0.15) is 5.10 Å². The summed E-state index contributed by atoms with van der Waals surface area (Å²) in [6, 6.07) is 9.37. The van der Waals surface area contributed by atoms with Gasteiger partial charge in [-0.3, -0.25) is 0 Å². The van der Waals surface area contributed by atoms with Gasteiger partial charge in [0, 0.05) is 38.4 Å². The van der Waals surface area contributed by atoms with Crippen LogP contribution in [0.4, 0.5) is 0 Å². The summed E-state index contributed by atoms with van der Waals surface area (Å²) in [4.78, 5) is 14.6. The fourth-order valence-corrected chi connectivity index (χ4v) is 3.07. The highest BCUT2D eigenvalue weighted by atomic mass is 16.7. The van der Waals surface area contributed by atoms with E-state index < -0.39 is 5.03 Å². The van der Waals surface area contributed by atoms with Crippen molar-refractivity contribution in [2.24, 2.45) is 11.0 Å². The normalized spacial score (nSPS) is 22.0. The van der Waals surface area contributed by atoms with Crippen LogP contribution in [0.1, 0.15) is 17.5 Å². The molecule has 2 saturated heterocycles. The minimum atomic E-state index is -0.664. The van der Waals surface area contributed by atoms with Crippen LogP contribution in [0, 0.1) is 27.4 Å². The molecule has 1 unspecified atom stereocenters. The van der Waals surface area contributed by atoms with Crippen molar-refractivity contribution < 1.29 is 9.77 Å². The smallest absolute Gasteiger partial charge is 0.278 e. The van der Waals surface area contributed by atoms with Crippen LogP contribution in [-0.4, -0.2) is 53.6 Å². The molecule has 2 heterocycles. The van der Waals surface area contributed by atoms with Gasteiger partial charge in [-0.1, -0.05) is 18.2 Å². The molecule has 2 aliphatic rings. The summed E-state index contributed by atoms with van der Waals surface area (Å²) >= 11 is 0. The van der Waals surface area contributed by atoms with Gasteiger partial charge in [0.2, 0.25) is 0 Å². The number of hydrogen-bond acceptors (Lipinski definition) is 4. The predicted octanol–water partition coefficient (Wildman–Crippen LogP) is 1.73. The summed E-state index contributed by atoms with van der Waals surface area (Å²) in [5, 5.41) is 23.0. The molecule has 1 atom stereocenters. The maximum Gasteiger partial charge on any atom is 0.278 e. The predicted molar refractivity (Wildman–Crippen MR) is 91.8 cm³/mol. The minimum absolute atomic E-state index is 0.336. The number of hydrogen-bond donors (Lipinski definition) is 0. The summed E-state index contributed by atoms with van der Waals surface area (Å²) in [5.41, 5.74) is 1.33. The van der Waals surface area contributed by atoms with E-state index in [0.717, 1.165) is 18.6 Å². The van der Waals surface area contributed by atoms with Crippen molar-refractivity contribution in [2.45, 2.75) is 6.42 Å². The van der Waals surface area contributed by atoms with Gasteiger partial charge >= 0.3 is 0 Å². The van der Waals surface area contributed by atoms with Crippen molar-refractivity contribution in [1.82, 2.24) is 9.80 Å². The molecule has 1 aromatic carbocycles. The molecule has 3 rings (SSSR count). The Labute approximate surface area is 145 Å². The van der Waals surface area contributed by atoms with E-state index in [1.54, 1.807) is 29.3 Å². The van der Waals surface area contributed by atoms with Gasteiger partial charge in [0.25, 0.3) is 5.96 Å². The van der Waals surface area contributed by atoms with E-state index in [2.05, 4.69) is 11.2 Å². The SMILES string of the molecule is N#Cc1ccccc1C=CN1CCN(CC2CCOC2)C1=N[N+](=O)[O-]. The van der Waals surface area contributed by atoms with Crippen molar-refractivity contribution in [1.29, 1.82) is 5.26 Å². The fraction of sp³-hybridized carbons (Fsp3) is 0.412. The Bertz CT molecular complexity index is 734. The molecule has 2 aliphatic heterocycles. The van der Waals surface area contributed by atoms with E-state index in [0.29, 0.717) is 43.7 Å². The van der Waals surface area contributed by atoms with Crippen molar-refractivity contribution in [2.75, 3.05) is 32.8 Å². The number of nitriles is 1. The van der Waals surface area contributed by atoms with Crippen LogP contribution in [-0.2, 0) is 4.74 Å². The summed E-state index contributed by atoms with van der Waals surface area (Å²) in [6.07, 6.45) is 4.51. The molecule has 8 nitrogen and oxygen atoms in total. The topological polar surface area (TPSA) is 95.0 Å². The summed E-state index contributed by atoms with van der Waals surface area (Å²) in [7, 11) is 0. The van der Waals surface area contributed by atoms with Crippen LogP contribution < -0.4 is 0 Å². The number of rotatable bonds is 5. The van der Waals surface area contributed by atoms with Crippen molar-refractivity contribution >= 4 is 12.0 Å². The number of nitrogens with zero attached hydrogens (tertiary/aromatic N) is 5.